The van der Waals surface area contributed by atoms with E-state index in [-0.39, 0.29) is 0 Å². The van der Waals surface area contributed by atoms with Crippen LogP contribution in [0.5, 0.6) is 0 Å². The van der Waals surface area contributed by atoms with E-state index in [9.17, 15) is 0 Å². The van der Waals surface area contributed by atoms with Crippen molar-refractivity contribution in [3.63, 3.8) is 0 Å². The molecule has 0 saturated carbocycles. The number of para-hydroxylation sites is 1. The molecule has 0 bridgehead atoms. The number of hydrogen-bond donors (Lipinski definition) is 3. The Morgan fingerprint density at radius 3 is 2.76 bits per heavy atom. The van der Waals surface area contributed by atoms with E-state index in [0.717, 1.165) is 16.8 Å². The Balaban J connectivity index is 2.09. The lowest BCUT2D eigenvalue weighted by Crippen LogP contribution is -1.93. The molecular formula is C12H11N5. The van der Waals surface area contributed by atoms with Crippen LogP contribution in [0.3, 0.4) is 0 Å². The molecule has 2 aromatic heterocycles. The quantitative estimate of drug-likeness (QED) is 0.625. The van der Waals surface area contributed by atoms with Crippen LogP contribution in [0.2, 0.25) is 0 Å². The molecule has 0 spiro atoms. The molecule has 5 heteroatoms. The van der Waals surface area contributed by atoms with Crippen molar-refractivity contribution in [1.82, 2.24) is 15.2 Å². The number of aromatic amines is 1. The fraction of sp³-hybridized carbons (Fsp3) is 0. The van der Waals surface area contributed by atoms with Crippen LogP contribution >= 0.6 is 0 Å². The van der Waals surface area contributed by atoms with Crippen molar-refractivity contribution < 1.29 is 0 Å². The number of anilines is 3. The van der Waals surface area contributed by atoms with Crippen molar-refractivity contribution in [3.8, 4) is 0 Å². The van der Waals surface area contributed by atoms with Crippen molar-refractivity contribution >= 4 is 28.2 Å². The molecule has 5 nitrogen and oxygen atoms in total. The lowest BCUT2D eigenvalue weighted by Gasteiger charge is -2.06. The maximum absolute atomic E-state index is 5.83. The van der Waals surface area contributed by atoms with Crippen LogP contribution < -0.4 is 11.1 Å². The van der Waals surface area contributed by atoms with Crippen LogP contribution in [-0.2, 0) is 0 Å². The minimum Gasteiger partial charge on any atom is -0.383 e. The highest BCUT2D eigenvalue weighted by Gasteiger charge is 2.08. The fourth-order valence-electron chi connectivity index (χ4n) is 1.75. The maximum Gasteiger partial charge on any atom is 0.185 e. The second-order valence-corrected chi connectivity index (χ2v) is 3.69. The molecule has 17 heavy (non-hydrogen) atoms. The van der Waals surface area contributed by atoms with Crippen LogP contribution in [0.1, 0.15) is 0 Å². The van der Waals surface area contributed by atoms with Crippen molar-refractivity contribution in [3.05, 3.63) is 42.6 Å². The number of hydrogen-bond acceptors (Lipinski definition) is 4. The fourth-order valence-corrected chi connectivity index (χ4v) is 1.75. The molecule has 0 radical (unpaired) electrons. The smallest absolute Gasteiger partial charge is 0.185 e. The topological polar surface area (TPSA) is 79.6 Å². The molecule has 0 atom stereocenters. The SMILES string of the molecule is Nc1[nH]nc2nccc(Nc3ccccc3)c12. The Hall–Kier alpha value is -2.56. The molecule has 2 heterocycles. The first kappa shape index (κ1) is 9.65. The third kappa shape index (κ3) is 1.67. The van der Waals surface area contributed by atoms with Gasteiger partial charge in [0.15, 0.2) is 5.65 Å². The molecule has 0 aliphatic rings. The zero-order chi connectivity index (χ0) is 11.7. The summed E-state index contributed by atoms with van der Waals surface area (Å²) in [6.07, 6.45) is 1.70. The van der Waals surface area contributed by atoms with Crippen LogP contribution in [0.15, 0.2) is 42.6 Å². The van der Waals surface area contributed by atoms with Gasteiger partial charge in [-0.05, 0) is 18.2 Å². The second-order valence-electron chi connectivity index (χ2n) is 3.69. The monoisotopic (exact) mass is 225 g/mol. The summed E-state index contributed by atoms with van der Waals surface area (Å²) in [6, 6.07) is 11.8. The van der Waals surface area contributed by atoms with Gasteiger partial charge in [0.1, 0.15) is 5.82 Å². The van der Waals surface area contributed by atoms with Crippen LogP contribution in [0.4, 0.5) is 17.2 Å². The van der Waals surface area contributed by atoms with Crippen molar-refractivity contribution in [2.45, 2.75) is 0 Å². The van der Waals surface area contributed by atoms with Crippen LogP contribution in [-0.4, -0.2) is 15.2 Å². The van der Waals surface area contributed by atoms with E-state index in [0.29, 0.717) is 11.5 Å². The number of rotatable bonds is 2. The summed E-state index contributed by atoms with van der Waals surface area (Å²) in [5.74, 6) is 0.520. The maximum atomic E-state index is 5.83. The van der Waals surface area contributed by atoms with E-state index in [2.05, 4.69) is 20.5 Å². The molecule has 0 saturated heterocycles. The number of pyridine rings is 1. The minimum atomic E-state index is 0.520. The molecule has 0 aliphatic carbocycles. The summed E-state index contributed by atoms with van der Waals surface area (Å²) < 4.78 is 0. The molecule has 84 valence electrons. The number of nitrogens with one attached hydrogen (secondary N) is 2. The Labute approximate surface area is 97.7 Å². The van der Waals surface area contributed by atoms with Gasteiger partial charge in [-0.15, -0.1) is 0 Å². The van der Waals surface area contributed by atoms with E-state index >= 15 is 0 Å². The van der Waals surface area contributed by atoms with Gasteiger partial charge in [-0.3, -0.25) is 5.10 Å². The van der Waals surface area contributed by atoms with Crippen molar-refractivity contribution in [2.75, 3.05) is 11.1 Å². The minimum absolute atomic E-state index is 0.520. The highest BCUT2D eigenvalue weighted by atomic mass is 15.2. The summed E-state index contributed by atoms with van der Waals surface area (Å²) in [4.78, 5) is 4.14. The highest BCUT2D eigenvalue weighted by Crippen LogP contribution is 2.27. The number of fused-ring (bicyclic) bond motifs is 1. The Morgan fingerprint density at radius 2 is 1.94 bits per heavy atom. The molecule has 1 aromatic carbocycles. The Morgan fingerprint density at radius 1 is 1.12 bits per heavy atom. The Kier molecular flexibility index (Phi) is 2.15. The van der Waals surface area contributed by atoms with Gasteiger partial charge in [-0.1, -0.05) is 18.2 Å². The van der Waals surface area contributed by atoms with Crippen molar-refractivity contribution in [1.29, 1.82) is 0 Å². The first-order valence-electron chi connectivity index (χ1n) is 5.25. The summed E-state index contributed by atoms with van der Waals surface area (Å²) in [7, 11) is 0. The normalized spacial score (nSPS) is 10.6. The van der Waals surface area contributed by atoms with Gasteiger partial charge in [0.05, 0.1) is 11.1 Å². The number of aromatic nitrogens is 3. The number of benzene rings is 1. The highest BCUT2D eigenvalue weighted by molar-refractivity contribution is 5.98. The van der Waals surface area contributed by atoms with E-state index in [1.54, 1.807) is 6.20 Å². The third-order valence-corrected chi connectivity index (χ3v) is 2.54. The van der Waals surface area contributed by atoms with Crippen LogP contribution in [0, 0.1) is 0 Å². The molecule has 0 aliphatic heterocycles. The van der Waals surface area contributed by atoms with E-state index in [4.69, 9.17) is 5.73 Å². The number of nitrogens with zero attached hydrogens (tertiary/aromatic N) is 2. The largest absolute Gasteiger partial charge is 0.383 e. The van der Waals surface area contributed by atoms with Crippen molar-refractivity contribution in [2.24, 2.45) is 0 Å². The zero-order valence-electron chi connectivity index (χ0n) is 9.01. The van der Waals surface area contributed by atoms with Gasteiger partial charge in [-0.2, -0.15) is 5.10 Å². The molecule has 3 aromatic rings. The average molecular weight is 225 g/mol. The summed E-state index contributed by atoms with van der Waals surface area (Å²) >= 11 is 0. The molecular weight excluding hydrogens is 214 g/mol. The second kappa shape index (κ2) is 3.79. The van der Waals surface area contributed by atoms with Gasteiger partial charge >= 0.3 is 0 Å². The van der Waals surface area contributed by atoms with Gasteiger partial charge in [-0.25, -0.2) is 4.98 Å². The number of nitrogen functional groups attached to an aromatic ring is 1. The Bertz CT molecular complexity index is 644. The lowest BCUT2D eigenvalue weighted by atomic mass is 10.2. The molecule has 0 fully saturated rings. The summed E-state index contributed by atoms with van der Waals surface area (Å²) in [5, 5.41) is 10.9. The zero-order valence-corrected chi connectivity index (χ0v) is 9.01. The van der Waals surface area contributed by atoms with E-state index in [1.807, 2.05) is 36.4 Å². The molecule has 4 N–H and O–H groups in total. The lowest BCUT2D eigenvalue weighted by molar-refractivity contribution is 1.10. The van der Waals surface area contributed by atoms with E-state index < -0.39 is 0 Å². The summed E-state index contributed by atoms with van der Waals surface area (Å²) in [5.41, 5.74) is 8.34. The average Bonchev–Trinajstić information content (AvgIpc) is 2.74. The first-order chi connectivity index (χ1) is 8.34. The van der Waals surface area contributed by atoms with Gasteiger partial charge in [0.2, 0.25) is 0 Å². The molecule has 0 amide bonds. The number of H-pyrrole nitrogens is 1. The number of nitrogens with two attached hydrogens (primary N) is 1. The van der Waals surface area contributed by atoms with Gasteiger partial charge in [0.25, 0.3) is 0 Å². The first-order valence-corrected chi connectivity index (χ1v) is 5.25. The van der Waals surface area contributed by atoms with Crippen LogP contribution in [0.25, 0.3) is 11.0 Å². The predicted molar refractivity (Wildman–Crippen MR) is 68.0 cm³/mol. The molecule has 3 rings (SSSR count). The van der Waals surface area contributed by atoms with Gasteiger partial charge in [0, 0.05) is 11.9 Å². The molecule has 0 unspecified atom stereocenters. The third-order valence-electron chi connectivity index (χ3n) is 2.54. The predicted octanol–water partition coefficient (Wildman–Crippen LogP) is 2.28. The van der Waals surface area contributed by atoms with E-state index in [1.165, 1.54) is 0 Å². The summed E-state index contributed by atoms with van der Waals surface area (Å²) in [6.45, 7) is 0. The van der Waals surface area contributed by atoms with Gasteiger partial charge < -0.3 is 11.1 Å². The standard InChI is InChI=1S/C12H11N5/c13-11-10-9(6-7-14-12(10)17-16-11)15-8-4-2-1-3-5-8/h1-7H,(H4,13,14,15,16,17).